The smallest absolute Gasteiger partial charge is 0.255 e. The van der Waals surface area contributed by atoms with E-state index in [-0.39, 0.29) is 11.9 Å². The molecule has 1 aromatic rings. The molecule has 0 aromatic carbocycles. The second-order valence-corrected chi connectivity index (χ2v) is 3.89. The number of rotatable bonds is 6. The van der Waals surface area contributed by atoms with Crippen molar-refractivity contribution in [2.45, 2.75) is 19.4 Å². The number of nitrogens with zero attached hydrogens (tertiary/aromatic N) is 1. The number of nitrogens with one attached hydrogen (secondary N) is 2. The molecule has 1 amide bonds. The maximum absolute atomic E-state index is 11.8. The Balaban J connectivity index is 2.58. The Labute approximate surface area is 99.5 Å². The molecule has 1 rings (SSSR count). The molecule has 0 aliphatic rings. The summed E-state index contributed by atoms with van der Waals surface area (Å²) >= 11 is 5.65. The maximum atomic E-state index is 11.8. The number of H-pyrrole nitrogens is 1. The molecule has 0 aliphatic carbocycles. The van der Waals surface area contributed by atoms with E-state index in [9.17, 15) is 4.79 Å². The summed E-state index contributed by atoms with van der Waals surface area (Å²) in [5.41, 5.74) is 1.30. The van der Waals surface area contributed by atoms with Gasteiger partial charge in [0.1, 0.15) is 0 Å². The standard InChI is InChI=1S/C10H16ClN3O2/c1-7-9(5-12-14-7)10(15)13-8(3-4-11)6-16-2/h5,8H,3-4,6H2,1-2H3,(H,12,14)(H,13,15). The lowest BCUT2D eigenvalue weighted by molar-refractivity contribution is 0.0894. The number of aromatic nitrogens is 2. The molecule has 0 aliphatic heterocycles. The highest BCUT2D eigenvalue weighted by Crippen LogP contribution is 2.04. The second kappa shape index (κ2) is 6.50. The van der Waals surface area contributed by atoms with Crippen molar-refractivity contribution in [2.24, 2.45) is 0 Å². The van der Waals surface area contributed by atoms with Gasteiger partial charge in [-0.1, -0.05) is 0 Å². The molecule has 5 nitrogen and oxygen atoms in total. The molecule has 2 N–H and O–H groups in total. The van der Waals surface area contributed by atoms with Crippen LogP contribution >= 0.6 is 11.6 Å². The molecule has 16 heavy (non-hydrogen) atoms. The first-order valence-corrected chi connectivity index (χ1v) is 5.58. The Kier molecular flexibility index (Phi) is 5.28. The topological polar surface area (TPSA) is 67.0 Å². The number of aryl methyl sites for hydroxylation is 1. The molecule has 0 saturated carbocycles. The van der Waals surface area contributed by atoms with Gasteiger partial charge in [-0.15, -0.1) is 11.6 Å². The zero-order chi connectivity index (χ0) is 12.0. The average molecular weight is 246 g/mol. The first kappa shape index (κ1) is 13.0. The molecular formula is C10H16ClN3O2. The Morgan fingerprint density at radius 3 is 3.00 bits per heavy atom. The van der Waals surface area contributed by atoms with Crippen LogP contribution in [-0.4, -0.2) is 41.7 Å². The molecule has 0 saturated heterocycles. The van der Waals surface area contributed by atoms with E-state index < -0.39 is 0 Å². The quantitative estimate of drug-likeness (QED) is 0.738. The summed E-state index contributed by atoms with van der Waals surface area (Å²) in [6.45, 7) is 2.25. The van der Waals surface area contributed by atoms with Gasteiger partial charge in [0.2, 0.25) is 0 Å². The van der Waals surface area contributed by atoms with E-state index in [2.05, 4.69) is 15.5 Å². The first-order valence-electron chi connectivity index (χ1n) is 5.04. The SMILES string of the molecule is COCC(CCCl)NC(=O)c1cn[nH]c1C. The number of alkyl halides is 1. The lowest BCUT2D eigenvalue weighted by Crippen LogP contribution is -2.38. The molecule has 6 heteroatoms. The van der Waals surface area contributed by atoms with Crippen LogP contribution < -0.4 is 5.32 Å². The van der Waals surface area contributed by atoms with Crippen molar-refractivity contribution in [3.63, 3.8) is 0 Å². The van der Waals surface area contributed by atoms with Crippen molar-refractivity contribution in [2.75, 3.05) is 19.6 Å². The van der Waals surface area contributed by atoms with Crippen LogP contribution in [-0.2, 0) is 4.74 Å². The number of carbonyl (C=O) groups excluding carboxylic acids is 1. The predicted octanol–water partition coefficient (Wildman–Crippen LogP) is 1.09. The lowest BCUT2D eigenvalue weighted by Gasteiger charge is -2.16. The van der Waals surface area contributed by atoms with Gasteiger partial charge in [0, 0.05) is 18.7 Å². The molecular weight excluding hydrogens is 230 g/mol. The van der Waals surface area contributed by atoms with Gasteiger partial charge in [0.15, 0.2) is 0 Å². The minimum Gasteiger partial charge on any atom is -0.383 e. The summed E-state index contributed by atoms with van der Waals surface area (Å²) in [6, 6.07) is -0.0655. The van der Waals surface area contributed by atoms with Crippen LogP contribution in [0.3, 0.4) is 0 Å². The van der Waals surface area contributed by atoms with Crippen LogP contribution in [0.4, 0.5) is 0 Å². The van der Waals surface area contributed by atoms with Crippen LogP contribution in [0.1, 0.15) is 22.5 Å². The number of ether oxygens (including phenoxy) is 1. The van der Waals surface area contributed by atoms with Crippen molar-refractivity contribution in [1.29, 1.82) is 0 Å². The summed E-state index contributed by atoms with van der Waals surface area (Å²) in [5, 5.41) is 9.37. The molecule has 0 fully saturated rings. The molecule has 0 spiro atoms. The molecule has 0 radical (unpaired) electrons. The van der Waals surface area contributed by atoms with E-state index in [1.54, 1.807) is 14.0 Å². The van der Waals surface area contributed by atoms with E-state index in [0.717, 1.165) is 5.69 Å². The summed E-state index contributed by atoms with van der Waals surface area (Å²) in [6.07, 6.45) is 2.19. The van der Waals surface area contributed by atoms with Gasteiger partial charge in [0.25, 0.3) is 5.91 Å². The van der Waals surface area contributed by atoms with Gasteiger partial charge in [-0.05, 0) is 13.3 Å². The van der Waals surface area contributed by atoms with Crippen molar-refractivity contribution in [3.8, 4) is 0 Å². The molecule has 1 unspecified atom stereocenters. The first-order chi connectivity index (χ1) is 7.69. The third-order valence-electron chi connectivity index (χ3n) is 2.24. The van der Waals surface area contributed by atoms with Gasteiger partial charge >= 0.3 is 0 Å². The lowest BCUT2D eigenvalue weighted by atomic mass is 10.2. The van der Waals surface area contributed by atoms with Gasteiger partial charge in [-0.25, -0.2) is 0 Å². The fourth-order valence-corrected chi connectivity index (χ4v) is 1.64. The number of hydrogen-bond donors (Lipinski definition) is 2. The van der Waals surface area contributed by atoms with Gasteiger partial charge in [-0.3, -0.25) is 9.89 Å². The predicted molar refractivity (Wildman–Crippen MR) is 61.8 cm³/mol. The summed E-state index contributed by atoms with van der Waals surface area (Å²) in [4.78, 5) is 11.8. The van der Waals surface area contributed by atoms with Gasteiger partial charge in [0.05, 0.1) is 24.4 Å². The van der Waals surface area contributed by atoms with Crippen LogP contribution in [0, 0.1) is 6.92 Å². The van der Waals surface area contributed by atoms with Crippen LogP contribution in [0.15, 0.2) is 6.20 Å². The van der Waals surface area contributed by atoms with E-state index in [0.29, 0.717) is 24.5 Å². The van der Waals surface area contributed by atoms with Crippen LogP contribution in [0.2, 0.25) is 0 Å². The number of amides is 1. The molecule has 1 atom stereocenters. The summed E-state index contributed by atoms with van der Waals surface area (Å²) in [7, 11) is 1.59. The van der Waals surface area contributed by atoms with Crippen molar-refractivity contribution in [3.05, 3.63) is 17.5 Å². The second-order valence-electron chi connectivity index (χ2n) is 3.51. The van der Waals surface area contributed by atoms with E-state index >= 15 is 0 Å². The number of hydrogen-bond acceptors (Lipinski definition) is 3. The van der Waals surface area contributed by atoms with Crippen molar-refractivity contribution in [1.82, 2.24) is 15.5 Å². The number of carbonyl (C=O) groups is 1. The highest BCUT2D eigenvalue weighted by Gasteiger charge is 2.15. The summed E-state index contributed by atoms with van der Waals surface area (Å²) in [5.74, 6) is 0.331. The van der Waals surface area contributed by atoms with E-state index in [4.69, 9.17) is 16.3 Å². The minimum atomic E-state index is -0.154. The van der Waals surface area contributed by atoms with Crippen LogP contribution in [0.25, 0.3) is 0 Å². The number of halogens is 1. The summed E-state index contributed by atoms with van der Waals surface area (Å²) < 4.78 is 5.01. The fourth-order valence-electron chi connectivity index (χ4n) is 1.37. The fraction of sp³-hybridized carbons (Fsp3) is 0.600. The molecule has 0 bridgehead atoms. The molecule has 1 aromatic heterocycles. The number of methoxy groups -OCH3 is 1. The Bertz CT molecular complexity index is 335. The molecule has 1 heterocycles. The zero-order valence-electron chi connectivity index (χ0n) is 9.42. The normalized spacial score (nSPS) is 12.4. The number of aromatic amines is 1. The monoisotopic (exact) mass is 245 g/mol. The van der Waals surface area contributed by atoms with Crippen LogP contribution in [0.5, 0.6) is 0 Å². The molecule has 90 valence electrons. The minimum absolute atomic E-state index is 0.0655. The van der Waals surface area contributed by atoms with Crippen molar-refractivity contribution >= 4 is 17.5 Å². The van der Waals surface area contributed by atoms with E-state index in [1.807, 2.05) is 0 Å². The Hall–Kier alpha value is -1.07. The van der Waals surface area contributed by atoms with Crippen molar-refractivity contribution < 1.29 is 9.53 Å². The van der Waals surface area contributed by atoms with E-state index in [1.165, 1.54) is 6.20 Å². The Morgan fingerprint density at radius 1 is 1.75 bits per heavy atom. The van der Waals surface area contributed by atoms with Gasteiger partial charge < -0.3 is 10.1 Å². The third-order valence-corrected chi connectivity index (χ3v) is 2.45. The third kappa shape index (κ3) is 3.50. The largest absolute Gasteiger partial charge is 0.383 e. The van der Waals surface area contributed by atoms with Gasteiger partial charge in [-0.2, -0.15) is 5.10 Å². The highest BCUT2D eigenvalue weighted by molar-refractivity contribution is 6.17. The zero-order valence-corrected chi connectivity index (χ0v) is 10.2. The highest BCUT2D eigenvalue weighted by atomic mass is 35.5. The average Bonchev–Trinajstić information content (AvgIpc) is 2.65. The Morgan fingerprint density at radius 2 is 2.50 bits per heavy atom. The maximum Gasteiger partial charge on any atom is 0.255 e.